The predicted molar refractivity (Wildman–Crippen MR) is 118 cm³/mol. The fraction of sp³-hybridized carbons (Fsp3) is 0.435. The van der Waals surface area contributed by atoms with E-state index >= 15 is 0 Å². The quantitative estimate of drug-likeness (QED) is 0.365. The zero-order chi connectivity index (χ0) is 21.1. The number of aliphatic imine (C=N–C) groups is 1. The molecule has 29 heavy (non-hydrogen) atoms. The summed E-state index contributed by atoms with van der Waals surface area (Å²) >= 11 is 0. The van der Waals surface area contributed by atoms with Crippen molar-refractivity contribution >= 4 is 5.96 Å². The third-order valence-corrected chi connectivity index (χ3v) is 4.56. The van der Waals surface area contributed by atoms with Crippen LogP contribution in [0.5, 0.6) is 11.5 Å². The molecule has 0 radical (unpaired) electrons. The number of aryl methyl sites for hydroxylation is 2. The Kier molecular flexibility index (Phi) is 9.31. The number of methoxy groups -OCH3 is 2. The molecule has 0 aliphatic rings. The maximum atomic E-state index is 5.86. The van der Waals surface area contributed by atoms with Gasteiger partial charge in [0.1, 0.15) is 18.1 Å². The van der Waals surface area contributed by atoms with E-state index in [0.29, 0.717) is 19.8 Å². The molecule has 0 atom stereocenters. The van der Waals surface area contributed by atoms with E-state index in [1.165, 1.54) is 11.1 Å². The van der Waals surface area contributed by atoms with E-state index in [0.717, 1.165) is 41.6 Å². The number of guanidine groups is 1. The Morgan fingerprint density at radius 1 is 0.897 bits per heavy atom. The lowest BCUT2D eigenvalue weighted by molar-refractivity contribution is 0.145. The summed E-state index contributed by atoms with van der Waals surface area (Å²) in [7, 11) is 5.15. The maximum Gasteiger partial charge on any atom is 0.191 e. The van der Waals surface area contributed by atoms with Gasteiger partial charge in [0.25, 0.3) is 0 Å². The van der Waals surface area contributed by atoms with E-state index < -0.39 is 0 Å². The van der Waals surface area contributed by atoms with Crippen LogP contribution in [0.2, 0.25) is 0 Å². The third-order valence-electron chi connectivity index (χ3n) is 4.56. The van der Waals surface area contributed by atoms with Gasteiger partial charge in [0.05, 0.1) is 13.7 Å². The number of benzene rings is 2. The minimum absolute atomic E-state index is 0.526. The highest BCUT2D eigenvalue weighted by Gasteiger charge is 2.07. The third kappa shape index (κ3) is 7.31. The van der Waals surface area contributed by atoms with Crippen LogP contribution in [0.25, 0.3) is 0 Å². The molecule has 0 unspecified atom stereocenters. The topological polar surface area (TPSA) is 64.1 Å². The van der Waals surface area contributed by atoms with Crippen LogP contribution in [0.15, 0.2) is 41.4 Å². The van der Waals surface area contributed by atoms with Crippen molar-refractivity contribution in [3.63, 3.8) is 0 Å². The second-order valence-electron chi connectivity index (χ2n) is 6.87. The molecule has 2 aromatic carbocycles. The van der Waals surface area contributed by atoms with Crippen molar-refractivity contribution in [3.8, 4) is 11.5 Å². The van der Waals surface area contributed by atoms with Gasteiger partial charge in [-0.1, -0.05) is 29.8 Å². The van der Waals surface area contributed by atoms with Gasteiger partial charge in [0, 0.05) is 32.8 Å². The van der Waals surface area contributed by atoms with Gasteiger partial charge in [-0.2, -0.15) is 0 Å². The molecule has 6 nitrogen and oxygen atoms in total. The van der Waals surface area contributed by atoms with E-state index in [9.17, 15) is 0 Å². The molecule has 2 rings (SSSR count). The number of nitrogens with one attached hydrogen (secondary N) is 2. The molecule has 0 amide bonds. The Balaban J connectivity index is 1.90. The monoisotopic (exact) mass is 399 g/mol. The van der Waals surface area contributed by atoms with E-state index in [2.05, 4.69) is 53.7 Å². The SMILES string of the molecule is CN=C(NCCc1cc(C)ccc1OC)NCc1ccc(C)cc1OCCOC. The van der Waals surface area contributed by atoms with Crippen LogP contribution in [0, 0.1) is 13.8 Å². The summed E-state index contributed by atoms with van der Waals surface area (Å²) < 4.78 is 16.4. The molecule has 0 aliphatic carbocycles. The first kappa shape index (κ1) is 22.6. The molecule has 0 saturated carbocycles. The lowest BCUT2D eigenvalue weighted by Gasteiger charge is -2.16. The Morgan fingerprint density at radius 3 is 2.38 bits per heavy atom. The molecule has 2 aromatic rings. The van der Waals surface area contributed by atoms with E-state index in [1.807, 2.05) is 12.1 Å². The Bertz CT molecular complexity index is 806. The molecule has 2 N–H and O–H groups in total. The second-order valence-corrected chi connectivity index (χ2v) is 6.87. The van der Waals surface area contributed by atoms with Crippen LogP contribution in [-0.4, -0.2) is 47.0 Å². The molecule has 158 valence electrons. The Hall–Kier alpha value is -2.73. The van der Waals surface area contributed by atoms with Gasteiger partial charge in [0.2, 0.25) is 0 Å². The van der Waals surface area contributed by atoms with Crippen LogP contribution >= 0.6 is 0 Å². The van der Waals surface area contributed by atoms with Gasteiger partial charge >= 0.3 is 0 Å². The average molecular weight is 400 g/mol. The van der Waals surface area contributed by atoms with Crippen molar-refractivity contribution in [1.29, 1.82) is 0 Å². The van der Waals surface area contributed by atoms with Crippen LogP contribution in [0.3, 0.4) is 0 Å². The molecule has 0 aliphatic heterocycles. The number of rotatable bonds is 10. The van der Waals surface area contributed by atoms with E-state index in [1.54, 1.807) is 21.3 Å². The molecule has 6 heteroatoms. The largest absolute Gasteiger partial charge is 0.496 e. The summed E-state index contributed by atoms with van der Waals surface area (Å²) in [5.74, 6) is 2.53. The summed E-state index contributed by atoms with van der Waals surface area (Å²) in [5, 5.41) is 6.72. The Labute approximate surface area is 174 Å². The lowest BCUT2D eigenvalue weighted by Crippen LogP contribution is -2.38. The minimum Gasteiger partial charge on any atom is -0.496 e. The summed E-state index contributed by atoms with van der Waals surface area (Å²) in [5.41, 5.74) is 4.65. The fourth-order valence-electron chi connectivity index (χ4n) is 2.99. The molecule has 0 fully saturated rings. The standard InChI is InChI=1S/C23H33N3O3/c1-17-7-9-21(28-5)19(14-17)10-11-25-23(24-3)26-16-20-8-6-18(2)15-22(20)29-13-12-27-4/h6-9,14-15H,10-13,16H2,1-5H3,(H2,24,25,26). The van der Waals surface area contributed by atoms with Gasteiger partial charge < -0.3 is 24.8 Å². The number of hydrogen-bond donors (Lipinski definition) is 2. The Morgan fingerprint density at radius 2 is 1.66 bits per heavy atom. The first-order valence-corrected chi connectivity index (χ1v) is 9.86. The maximum absolute atomic E-state index is 5.86. The molecule has 0 saturated heterocycles. The van der Waals surface area contributed by atoms with Gasteiger partial charge in [-0.05, 0) is 43.5 Å². The van der Waals surface area contributed by atoms with Crippen molar-refractivity contribution in [2.45, 2.75) is 26.8 Å². The van der Waals surface area contributed by atoms with Gasteiger partial charge in [-0.15, -0.1) is 0 Å². The van der Waals surface area contributed by atoms with Crippen molar-refractivity contribution in [1.82, 2.24) is 10.6 Å². The number of ether oxygens (including phenoxy) is 3. The van der Waals surface area contributed by atoms with Crippen LogP contribution in [0.4, 0.5) is 0 Å². The highest BCUT2D eigenvalue weighted by molar-refractivity contribution is 5.79. The van der Waals surface area contributed by atoms with Crippen molar-refractivity contribution in [2.75, 3.05) is 41.0 Å². The summed E-state index contributed by atoms with van der Waals surface area (Å²) in [6.07, 6.45) is 0.849. The fourth-order valence-corrected chi connectivity index (χ4v) is 2.99. The van der Waals surface area contributed by atoms with E-state index in [4.69, 9.17) is 14.2 Å². The van der Waals surface area contributed by atoms with Crippen molar-refractivity contribution in [3.05, 3.63) is 58.7 Å². The first-order valence-electron chi connectivity index (χ1n) is 9.86. The molecule has 0 aromatic heterocycles. The van der Waals surface area contributed by atoms with Crippen molar-refractivity contribution < 1.29 is 14.2 Å². The van der Waals surface area contributed by atoms with Crippen LogP contribution in [-0.2, 0) is 17.7 Å². The molecule has 0 spiro atoms. The van der Waals surface area contributed by atoms with Gasteiger partial charge in [0.15, 0.2) is 5.96 Å². The van der Waals surface area contributed by atoms with Crippen LogP contribution < -0.4 is 20.1 Å². The highest BCUT2D eigenvalue weighted by atomic mass is 16.5. The molecular formula is C23H33N3O3. The van der Waals surface area contributed by atoms with E-state index in [-0.39, 0.29) is 0 Å². The predicted octanol–water partition coefficient (Wildman–Crippen LogP) is 3.24. The summed E-state index contributed by atoms with van der Waals surface area (Å²) in [6, 6.07) is 12.4. The first-order chi connectivity index (χ1) is 14.1. The molecule has 0 bridgehead atoms. The molecular weight excluding hydrogens is 366 g/mol. The number of hydrogen-bond acceptors (Lipinski definition) is 4. The molecule has 0 heterocycles. The lowest BCUT2D eigenvalue weighted by atomic mass is 10.1. The minimum atomic E-state index is 0.526. The van der Waals surface area contributed by atoms with Gasteiger partial charge in [-0.25, -0.2) is 0 Å². The average Bonchev–Trinajstić information content (AvgIpc) is 2.72. The highest BCUT2D eigenvalue weighted by Crippen LogP contribution is 2.21. The zero-order valence-electron chi connectivity index (χ0n) is 18.2. The van der Waals surface area contributed by atoms with Crippen LogP contribution in [0.1, 0.15) is 22.3 Å². The summed E-state index contributed by atoms with van der Waals surface area (Å²) in [4.78, 5) is 4.32. The zero-order valence-corrected chi connectivity index (χ0v) is 18.2. The second kappa shape index (κ2) is 12.0. The van der Waals surface area contributed by atoms with Crippen molar-refractivity contribution in [2.24, 2.45) is 4.99 Å². The normalized spacial score (nSPS) is 11.3. The van der Waals surface area contributed by atoms with Gasteiger partial charge in [-0.3, -0.25) is 4.99 Å². The summed E-state index contributed by atoms with van der Waals surface area (Å²) in [6.45, 7) is 6.61. The number of nitrogens with zero attached hydrogens (tertiary/aromatic N) is 1. The smallest absolute Gasteiger partial charge is 0.191 e.